The first-order valence-electron chi connectivity index (χ1n) is 7.13. The monoisotopic (exact) mass is 268 g/mol. The Morgan fingerprint density at radius 3 is 2.26 bits per heavy atom. The molecule has 1 aliphatic heterocycles. The second-order valence-corrected chi connectivity index (χ2v) is 5.13. The lowest BCUT2D eigenvalue weighted by Crippen LogP contribution is -2.32. The van der Waals surface area contributed by atoms with Crippen molar-refractivity contribution in [3.63, 3.8) is 0 Å². The van der Waals surface area contributed by atoms with Gasteiger partial charge >= 0.3 is 0 Å². The van der Waals surface area contributed by atoms with Crippen LogP contribution in [0, 0.1) is 11.6 Å². The molecule has 19 heavy (non-hydrogen) atoms. The van der Waals surface area contributed by atoms with E-state index in [-0.39, 0.29) is 12.1 Å². The van der Waals surface area contributed by atoms with Gasteiger partial charge in [0.05, 0.1) is 0 Å². The molecule has 0 radical (unpaired) electrons. The third kappa shape index (κ3) is 4.55. The van der Waals surface area contributed by atoms with Crippen molar-refractivity contribution >= 4 is 0 Å². The molecule has 0 amide bonds. The number of hydrogen-bond acceptors (Lipinski definition) is 2. The van der Waals surface area contributed by atoms with Crippen LogP contribution in [0.4, 0.5) is 8.78 Å². The van der Waals surface area contributed by atoms with Gasteiger partial charge in [-0.15, -0.1) is 0 Å². The topological polar surface area (TPSA) is 15.3 Å². The number of nitrogens with zero attached hydrogens (tertiary/aromatic N) is 1. The van der Waals surface area contributed by atoms with Gasteiger partial charge in [0.2, 0.25) is 0 Å². The lowest BCUT2D eigenvalue weighted by molar-refractivity contribution is 0.283. The van der Waals surface area contributed by atoms with E-state index in [1.165, 1.54) is 43.9 Å². The van der Waals surface area contributed by atoms with Crippen molar-refractivity contribution in [2.75, 3.05) is 26.2 Å². The molecule has 106 valence electrons. The SMILES string of the molecule is Fc1cccc(F)c1CNCCN1CCCCCC1. The average Bonchev–Trinajstić information content (AvgIpc) is 2.66. The first-order valence-corrected chi connectivity index (χ1v) is 7.13. The summed E-state index contributed by atoms with van der Waals surface area (Å²) < 4.78 is 26.8. The highest BCUT2D eigenvalue weighted by atomic mass is 19.1. The number of likely N-dealkylation sites (tertiary alicyclic amines) is 1. The molecule has 1 aromatic rings. The first kappa shape index (κ1) is 14.4. The van der Waals surface area contributed by atoms with E-state index in [0.29, 0.717) is 0 Å². The fourth-order valence-corrected chi connectivity index (χ4v) is 2.51. The predicted octanol–water partition coefficient (Wildman–Crippen LogP) is 2.93. The van der Waals surface area contributed by atoms with Gasteiger partial charge < -0.3 is 10.2 Å². The van der Waals surface area contributed by atoms with Crippen LogP contribution in [-0.2, 0) is 6.54 Å². The molecule has 0 saturated carbocycles. The van der Waals surface area contributed by atoms with E-state index in [0.717, 1.165) is 26.2 Å². The van der Waals surface area contributed by atoms with Gasteiger partial charge in [-0.25, -0.2) is 8.78 Å². The highest BCUT2D eigenvalue weighted by Crippen LogP contribution is 2.11. The van der Waals surface area contributed by atoms with Gasteiger partial charge in [-0.3, -0.25) is 0 Å². The van der Waals surface area contributed by atoms with Crippen molar-refractivity contribution in [3.05, 3.63) is 35.4 Å². The molecule has 1 fully saturated rings. The predicted molar refractivity (Wildman–Crippen MR) is 73.0 cm³/mol. The van der Waals surface area contributed by atoms with E-state index in [4.69, 9.17) is 0 Å². The summed E-state index contributed by atoms with van der Waals surface area (Å²) in [4.78, 5) is 2.43. The minimum atomic E-state index is -0.470. The third-order valence-corrected chi connectivity index (χ3v) is 3.67. The lowest BCUT2D eigenvalue weighted by atomic mass is 10.2. The Kier molecular flexibility index (Phi) is 5.73. The van der Waals surface area contributed by atoms with Crippen LogP contribution in [0.3, 0.4) is 0 Å². The van der Waals surface area contributed by atoms with E-state index >= 15 is 0 Å². The summed E-state index contributed by atoms with van der Waals surface area (Å²) in [5, 5.41) is 3.13. The number of nitrogens with one attached hydrogen (secondary N) is 1. The van der Waals surface area contributed by atoms with Crippen LogP contribution < -0.4 is 5.32 Å². The zero-order valence-electron chi connectivity index (χ0n) is 11.3. The van der Waals surface area contributed by atoms with Gasteiger partial charge in [0.15, 0.2) is 0 Å². The van der Waals surface area contributed by atoms with Crippen LogP contribution in [0.5, 0.6) is 0 Å². The maximum Gasteiger partial charge on any atom is 0.130 e. The second-order valence-electron chi connectivity index (χ2n) is 5.13. The summed E-state index contributed by atoms with van der Waals surface area (Å²) in [5.41, 5.74) is 0.137. The highest BCUT2D eigenvalue weighted by molar-refractivity contribution is 5.19. The smallest absolute Gasteiger partial charge is 0.130 e. The minimum Gasteiger partial charge on any atom is -0.311 e. The van der Waals surface area contributed by atoms with Crippen LogP contribution in [0.25, 0.3) is 0 Å². The van der Waals surface area contributed by atoms with Crippen molar-refractivity contribution in [3.8, 4) is 0 Å². The van der Waals surface area contributed by atoms with Crippen molar-refractivity contribution in [2.45, 2.75) is 32.2 Å². The van der Waals surface area contributed by atoms with Crippen LogP contribution in [0.15, 0.2) is 18.2 Å². The molecule has 0 atom stereocenters. The van der Waals surface area contributed by atoms with Crippen molar-refractivity contribution in [1.82, 2.24) is 10.2 Å². The number of halogens is 2. The first-order chi connectivity index (χ1) is 9.27. The summed E-state index contributed by atoms with van der Waals surface area (Å²) in [7, 11) is 0. The molecular weight excluding hydrogens is 246 g/mol. The number of rotatable bonds is 5. The summed E-state index contributed by atoms with van der Waals surface area (Å²) in [6.45, 7) is 4.28. The second kappa shape index (κ2) is 7.56. The summed E-state index contributed by atoms with van der Waals surface area (Å²) in [6, 6.07) is 4.00. The molecule has 1 saturated heterocycles. The molecule has 1 heterocycles. The van der Waals surface area contributed by atoms with Crippen LogP contribution in [0.1, 0.15) is 31.2 Å². The Morgan fingerprint density at radius 2 is 1.63 bits per heavy atom. The summed E-state index contributed by atoms with van der Waals surface area (Å²) in [5.74, 6) is -0.940. The van der Waals surface area contributed by atoms with Crippen LogP contribution >= 0.6 is 0 Å². The zero-order chi connectivity index (χ0) is 13.5. The Balaban J connectivity index is 1.71. The Hall–Kier alpha value is -1.00. The van der Waals surface area contributed by atoms with E-state index in [1.807, 2.05) is 0 Å². The molecule has 0 aliphatic carbocycles. The normalized spacial score (nSPS) is 17.4. The maximum absolute atomic E-state index is 13.4. The molecule has 0 aromatic heterocycles. The van der Waals surface area contributed by atoms with Gasteiger partial charge in [0, 0.05) is 25.2 Å². The molecule has 1 aromatic carbocycles. The zero-order valence-corrected chi connectivity index (χ0v) is 11.3. The molecular formula is C15H22F2N2. The van der Waals surface area contributed by atoms with Crippen molar-refractivity contribution in [2.24, 2.45) is 0 Å². The fourth-order valence-electron chi connectivity index (χ4n) is 2.51. The van der Waals surface area contributed by atoms with Crippen molar-refractivity contribution < 1.29 is 8.78 Å². The summed E-state index contributed by atoms with van der Waals surface area (Å²) >= 11 is 0. The molecule has 1 aliphatic rings. The molecule has 2 rings (SSSR count). The largest absolute Gasteiger partial charge is 0.311 e. The van der Waals surface area contributed by atoms with Crippen LogP contribution in [-0.4, -0.2) is 31.1 Å². The Labute approximate surface area is 113 Å². The van der Waals surface area contributed by atoms with Gasteiger partial charge in [-0.05, 0) is 38.1 Å². The Bertz CT molecular complexity index is 367. The van der Waals surface area contributed by atoms with E-state index in [2.05, 4.69) is 10.2 Å². The molecule has 1 N–H and O–H groups in total. The standard InChI is InChI=1S/C15H22F2N2/c16-14-6-5-7-15(17)13(14)12-18-8-11-19-9-3-1-2-4-10-19/h5-7,18H,1-4,8-12H2. The summed E-state index contributed by atoms with van der Waals surface area (Å²) in [6.07, 6.45) is 5.18. The van der Waals surface area contributed by atoms with Gasteiger partial charge in [-0.2, -0.15) is 0 Å². The third-order valence-electron chi connectivity index (χ3n) is 3.67. The van der Waals surface area contributed by atoms with E-state index < -0.39 is 11.6 Å². The average molecular weight is 268 g/mol. The van der Waals surface area contributed by atoms with Crippen LogP contribution in [0.2, 0.25) is 0 Å². The molecule has 0 bridgehead atoms. The number of benzene rings is 1. The molecule has 0 spiro atoms. The van der Waals surface area contributed by atoms with Gasteiger partial charge in [-0.1, -0.05) is 18.9 Å². The lowest BCUT2D eigenvalue weighted by Gasteiger charge is -2.19. The minimum absolute atomic E-state index is 0.137. The van der Waals surface area contributed by atoms with Crippen molar-refractivity contribution in [1.29, 1.82) is 0 Å². The molecule has 0 unspecified atom stereocenters. The maximum atomic E-state index is 13.4. The van der Waals surface area contributed by atoms with Gasteiger partial charge in [0.25, 0.3) is 0 Å². The Morgan fingerprint density at radius 1 is 1.00 bits per heavy atom. The molecule has 2 nitrogen and oxygen atoms in total. The quantitative estimate of drug-likeness (QED) is 0.826. The van der Waals surface area contributed by atoms with E-state index in [9.17, 15) is 8.78 Å². The van der Waals surface area contributed by atoms with E-state index in [1.54, 1.807) is 0 Å². The molecule has 4 heteroatoms. The highest BCUT2D eigenvalue weighted by Gasteiger charge is 2.10. The fraction of sp³-hybridized carbons (Fsp3) is 0.600. The number of hydrogen-bond donors (Lipinski definition) is 1. The van der Waals surface area contributed by atoms with Gasteiger partial charge in [0.1, 0.15) is 11.6 Å².